The molecule has 2 aromatic rings. The zero-order chi connectivity index (χ0) is 20.8. The first-order valence-corrected chi connectivity index (χ1v) is 11.2. The van der Waals surface area contributed by atoms with Gasteiger partial charge in [0.05, 0.1) is 10.8 Å². The summed E-state index contributed by atoms with van der Waals surface area (Å²) in [6.07, 6.45) is 6.51. The van der Waals surface area contributed by atoms with Crippen LogP contribution in [0.1, 0.15) is 38.4 Å². The molecule has 4 rings (SSSR count). The quantitative estimate of drug-likeness (QED) is 0.382. The van der Waals surface area contributed by atoms with E-state index in [1.54, 1.807) is 41.9 Å². The van der Waals surface area contributed by atoms with Crippen LogP contribution in [0.5, 0.6) is 0 Å². The largest absolute Gasteiger partial charge is 0.319 e. The van der Waals surface area contributed by atoms with E-state index in [4.69, 9.17) is 0 Å². The molecule has 2 heterocycles. The van der Waals surface area contributed by atoms with Gasteiger partial charge in [0.15, 0.2) is 0 Å². The highest BCUT2D eigenvalue weighted by atomic mass is 127. The summed E-state index contributed by atoms with van der Waals surface area (Å²) < 4.78 is 6.57. The molecule has 0 saturated carbocycles. The Kier molecular flexibility index (Phi) is 8.53. The van der Waals surface area contributed by atoms with E-state index >= 15 is 0 Å². The minimum atomic E-state index is 1.08. The summed E-state index contributed by atoms with van der Waals surface area (Å²) in [6.45, 7) is 14.7. The molecule has 2 aliphatic rings. The number of hydrogen-bond acceptors (Lipinski definition) is 2. The third kappa shape index (κ3) is 4.29. The molecule has 4 heteroatoms. The van der Waals surface area contributed by atoms with Gasteiger partial charge in [0.1, 0.15) is 30.1 Å². The van der Waals surface area contributed by atoms with E-state index in [1.807, 2.05) is 19.9 Å². The molecular weight excluding hydrogens is 477 g/mol. The van der Waals surface area contributed by atoms with E-state index in [-0.39, 0.29) is 0 Å². The van der Waals surface area contributed by atoms with Gasteiger partial charge in [0, 0.05) is 28.5 Å². The maximum Gasteiger partial charge on any atom is 0.222 e. The molecule has 0 amide bonds. The Morgan fingerprint density at radius 1 is 1.21 bits per heavy atom. The number of allylic oxidation sites excluding steroid dienone is 1. The summed E-state index contributed by atoms with van der Waals surface area (Å²) in [6, 6.07) is 8.62. The highest BCUT2D eigenvalue weighted by Crippen LogP contribution is 2.38. The first-order chi connectivity index (χ1) is 13.5. The number of benzene rings is 1. The molecule has 0 bridgehead atoms. The lowest BCUT2D eigenvalue weighted by Crippen LogP contribution is -2.50. The molecule has 1 aliphatic carbocycles. The Morgan fingerprint density at radius 2 is 1.86 bits per heavy atom. The van der Waals surface area contributed by atoms with Crippen LogP contribution in [0.3, 0.4) is 0 Å². The summed E-state index contributed by atoms with van der Waals surface area (Å²) in [7, 11) is 3.79. The van der Waals surface area contributed by atoms with Gasteiger partial charge in [-0.15, -0.1) is 0 Å². The van der Waals surface area contributed by atoms with Crippen LogP contribution in [0.15, 0.2) is 47.4 Å². The van der Waals surface area contributed by atoms with Crippen molar-refractivity contribution in [3.8, 4) is 11.3 Å². The number of aromatic nitrogens is 1. The van der Waals surface area contributed by atoms with E-state index < -0.39 is 0 Å². The first-order valence-electron chi connectivity index (χ1n) is 9.53. The molecule has 0 N–H and O–H groups in total. The summed E-state index contributed by atoms with van der Waals surface area (Å²) in [5.74, 6) is 0. The average molecular weight is 506 g/mol. The lowest BCUT2D eigenvalue weighted by molar-refractivity contribution is -0.663. The fraction of sp³-hybridized carbons (Fsp3) is 0.292. The van der Waals surface area contributed by atoms with E-state index in [2.05, 4.69) is 65.1 Å². The summed E-state index contributed by atoms with van der Waals surface area (Å²) in [5.41, 5.74) is 6.70. The Bertz CT molecular complexity index is 1020. The van der Waals surface area contributed by atoms with Crippen LogP contribution in [0.4, 0.5) is 0 Å². The summed E-state index contributed by atoms with van der Waals surface area (Å²) >= 11 is 3.59. The normalized spacial score (nSPS) is 13.5. The zero-order valence-electron chi connectivity index (χ0n) is 17.4. The molecule has 0 saturated heterocycles. The summed E-state index contributed by atoms with van der Waals surface area (Å²) in [5, 5.41) is 2.44. The van der Waals surface area contributed by atoms with Gasteiger partial charge < -0.3 is 3.07 Å². The number of hydrogen-bond donors (Lipinski definition) is 0. The van der Waals surface area contributed by atoms with E-state index in [9.17, 15) is 0 Å². The molecule has 1 aromatic heterocycles. The third-order valence-corrected chi connectivity index (χ3v) is 6.02. The van der Waals surface area contributed by atoms with E-state index in [1.165, 1.54) is 48.3 Å². The Hall–Kier alpha value is -1.37. The van der Waals surface area contributed by atoms with Crippen molar-refractivity contribution in [3.63, 3.8) is 0 Å². The van der Waals surface area contributed by atoms with Gasteiger partial charge in [-0.1, -0.05) is 62.5 Å². The standard InChI is InChI=1S/C21H20NS.C2H6.CH3IO/c1-5-18-20-14(3)15-11-10-13(2)12-17(15)22(4)21(20)16-8-6-7-9-19(16)23-18;1-2;1-3-2/h5-9,12H,1,3,10-11H2,2,4H3;1-2H3;1H3/q+1;;. The molecule has 1 aliphatic heterocycles. The van der Waals surface area contributed by atoms with Gasteiger partial charge in [0.25, 0.3) is 0 Å². The van der Waals surface area contributed by atoms with Crippen LogP contribution in [0.2, 0.25) is 0 Å². The molecule has 1 aromatic carbocycles. The van der Waals surface area contributed by atoms with Crippen molar-refractivity contribution >= 4 is 52.3 Å². The van der Waals surface area contributed by atoms with Crippen LogP contribution >= 0.6 is 34.8 Å². The zero-order valence-corrected chi connectivity index (χ0v) is 20.4. The van der Waals surface area contributed by atoms with Crippen LogP contribution < -0.4 is 15.0 Å². The van der Waals surface area contributed by atoms with Crippen molar-refractivity contribution in [1.29, 1.82) is 0 Å². The number of fused-ring (bicyclic) bond motifs is 4. The van der Waals surface area contributed by atoms with Crippen molar-refractivity contribution in [3.05, 3.63) is 64.2 Å². The molecular formula is C24H29INOS+. The van der Waals surface area contributed by atoms with Gasteiger partial charge >= 0.3 is 0 Å². The lowest BCUT2D eigenvalue weighted by atomic mass is 9.92. The molecule has 148 valence electrons. The van der Waals surface area contributed by atoms with Gasteiger partial charge in [-0.2, -0.15) is 4.57 Å². The smallest absolute Gasteiger partial charge is 0.222 e. The Morgan fingerprint density at radius 3 is 2.50 bits per heavy atom. The molecule has 0 atom stereocenters. The van der Waals surface area contributed by atoms with E-state index in [0.29, 0.717) is 0 Å². The third-order valence-electron chi connectivity index (χ3n) is 4.86. The Labute approximate surface area is 187 Å². The van der Waals surface area contributed by atoms with Crippen LogP contribution in [0.25, 0.3) is 28.8 Å². The number of thioether (sulfide) groups is 1. The van der Waals surface area contributed by atoms with Crippen molar-refractivity contribution < 1.29 is 7.63 Å². The highest BCUT2D eigenvalue weighted by molar-refractivity contribution is 14.1. The maximum atomic E-state index is 4.46. The number of nitrogens with zero attached hydrogens (tertiary/aromatic N) is 1. The highest BCUT2D eigenvalue weighted by Gasteiger charge is 2.29. The van der Waals surface area contributed by atoms with Crippen LogP contribution in [-0.2, 0) is 16.5 Å². The van der Waals surface area contributed by atoms with Crippen molar-refractivity contribution in [1.82, 2.24) is 0 Å². The van der Waals surface area contributed by atoms with Gasteiger partial charge in [-0.3, -0.25) is 0 Å². The van der Waals surface area contributed by atoms with Gasteiger partial charge in [0.2, 0.25) is 11.4 Å². The molecule has 0 fully saturated rings. The van der Waals surface area contributed by atoms with Gasteiger partial charge in [-0.25, -0.2) is 0 Å². The Balaban J connectivity index is 0.000000514. The minimum Gasteiger partial charge on any atom is -0.319 e. The van der Waals surface area contributed by atoms with Crippen molar-refractivity contribution in [2.75, 3.05) is 7.11 Å². The number of halogens is 1. The van der Waals surface area contributed by atoms with Crippen molar-refractivity contribution in [2.24, 2.45) is 7.05 Å². The molecule has 28 heavy (non-hydrogen) atoms. The fourth-order valence-corrected chi connectivity index (χ4v) is 4.74. The number of pyridine rings is 1. The molecule has 0 spiro atoms. The predicted molar refractivity (Wildman–Crippen MR) is 132 cm³/mol. The van der Waals surface area contributed by atoms with Crippen molar-refractivity contribution in [2.45, 2.75) is 38.5 Å². The summed E-state index contributed by atoms with van der Waals surface area (Å²) in [4.78, 5) is 2.51. The second-order valence-electron chi connectivity index (χ2n) is 6.44. The maximum absolute atomic E-state index is 4.46. The second-order valence-corrected chi connectivity index (χ2v) is 8.40. The van der Waals surface area contributed by atoms with E-state index in [0.717, 1.165) is 12.8 Å². The lowest BCUT2D eigenvalue weighted by Gasteiger charge is -2.20. The van der Waals surface area contributed by atoms with Crippen LogP contribution in [0, 0.1) is 0 Å². The van der Waals surface area contributed by atoms with Crippen LogP contribution in [-0.4, -0.2) is 7.11 Å². The average Bonchev–Trinajstić information content (AvgIpc) is 2.72. The minimum absolute atomic E-state index is 1.08. The monoisotopic (exact) mass is 506 g/mol. The fourth-order valence-electron chi connectivity index (χ4n) is 3.67. The molecule has 2 nitrogen and oxygen atoms in total. The second kappa shape index (κ2) is 10.4. The topological polar surface area (TPSA) is 13.1 Å². The SMILES string of the molecule is C=CC1=c2c([n+](C)c3c(c2=C)CCC(C)=C3)-c2ccccc2S1.CC.COI. The predicted octanol–water partition coefficient (Wildman–Crippen LogP) is 5.35. The molecule has 0 unspecified atom stereocenters. The van der Waals surface area contributed by atoms with Gasteiger partial charge in [-0.05, 0) is 37.1 Å². The molecule has 0 radical (unpaired) electrons. The first kappa shape index (κ1) is 22.9. The number of rotatable bonds is 1.